The lowest BCUT2D eigenvalue weighted by Crippen LogP contribution is -2.15. The lowest BCUT2D eigenvalue weighted by atomic mass is 9.91. The second kappa shape index (κ2) is 9.99. The molecule has 0 fully saturated rings. The molecule has 2 aromatic carbocycles. The molecular formula is C28H30N4O4S. The number of fused-ring (bicyclic) bond motifs is 2. The van der Waals surface area contributed by atoms with Crippen LogP contribution in [-0.4, -0.2) is 50.6 Å². The zero-order valence-electron chi connectivity index (χ0n) is 20.9. The highest BCUT2D eigenvalue weighted by Crippen LogP contribution is 2.37. The zero-order chi connectivity index (χ0) is 26.2. The third-order valence-corrected chi connectivity index (χ3v) is 8.15. The van der Waals surface area contributed by atoms with Crippen molar-refractivity contribution in [1.29, 1.82) is 0 Å². The summed E-state index contributed by atoms with van der Waals surface area (Å²) in [5.74, 6) is -0.118. The first-order valence-electron chi connectivity index (χ1n) is 12.4. The highest BCUT2D eigenvalue weighted by molar-refractivity contribution is 7.92. The number of hydrogen-bond acceptors (Lipinski definition) is 5. The molecule has 1 amide bonds. The molecule has 3 aromatic rings. The molecule has 0 spiro atoms. The van der Waals surface area contributed by atoms with Crippen molar-refractivity contribution in [2.45, 2.75) is 37.0 Å². The van der Waals surface area contributed by atoms with Crippen LogP contribution >= 0.6 is 0 Å². The van der Waals surface area contributed by atoms with E-state index in [0.717, 1.165) is 54.7 Å². The highest BCUT2D eigenvalue weighted by atomic mass is 32.2. The predicted molar refractivity (Wildman–Crippen MR) is 145 cm³/mol. The average molecular weight is 519 g/mol. The predicted octanol–water partition coefficient (Wildman–Crippen LogP) is 4.32. The summed E-state index contributed by atoms with van der Waals surface area (Å²) in [7, 11) is 0.260. The molecule has 37 heavy (non-hydrogen) atoms. The summed E-state index contributed by atoms with van der Waals surface area (Å²) in [6.45, 7) is 0.887. The number of nitrogens with one attached hydrogen (secondary N) is 3. The number of hydrogen-bond donors (Lipinski definition) is 3. The molecule has 0 radical (unpaired) electrons. The normalized spacial score (nSPS) is 16.1. The molecule has 1 aliphatic carbocycles. The molecule has 0 bridgehead atoms. The Hall–Kier alpha value is -3.69. The molecule has 2 aliphatic rings. The minimum absolute atomic E-state index is 0.149. The summed E-state index contributed by atoms with van der Waals surface area (Å²) >= 11 is 0. The molecule has 5 rings (SSSR count). The first-order valence-corrected chi connectivity index (χ1v) is 13.9. The van der Waals surface area contributed by atoms with E-state index in [1.54, 1.807) is 42.5 Å². The van der Waals surface area contributed by atoms with Gasteiger partial charge in [-0.3, -0.25) is 14.3 Å². The van der Waals surface area contributed by atoms with Crippen LogP contribution in [0.2, 0.25) is 0 Å². The van der Waals surface area contributed by atoms with Gasteiger partial charge in [0, 0.05) is 40.3 Å². The number of carbonyl (C=O) groups excluding carboxylic acids is 2. The van der Waals surface area contributed by atoms with Crippen molar-refractivity contribution in [2.75, 3.05) is 30.7 Å². The van der Waals surface area contributed by atoms with Gasteiger partial charge in [0.05, 0.1) is 10.5 Å². The van der Waals surface area contributed by atoms with E-state index in [2.05, 4.69) is 19.9 Å². The van der Waals surface area contributed by atoms with Crippen molar-refractivity contribution in [3.63, 3.8) is 0 Å². The maximum Gasteiger partial charge on any atom is 0.261 e. The van der Waals surface area contributed by atoms with Crippen molar-refractivity contribution < 1.29 is 18.0 Å². The monoisotopic (exact) mass is 518 g/mol. The molecule has 0 saturated carbocycles. The number of ketones is 1. The van der Waals surface area contributed by atoms with Crippen LogP contribution in [0.1, 0.15) is 52.1 Å². The topological polar surface area (TPSA) is 111 Å². The number of aromatic nitrogens is 1. The number of Topliss-reactive ketones (excluding diaryl/α,β-unsaturated/α-hetero) is 1. The zero-order valence-corrected chi connectivity index (χ0v) is 21.7. The Morgan fingerprint density at radius 2 is 1.84 bits per heavy atom. The number of rotatable bonds is 8. The molecule has 0 unspecified atom stereocenters. The molecule has 0 atom stereocenters. The fraction of sp³-hybridized carbons (Fsp3) is 0.286. The average Bonchev–Trinajstić information content (AvgIpc) is 3.37. The summed E-state index contributed by atoms with van der Waals surface area (Å²) in [6.07, 6.45) is 5.56. The first-order chi connectivity index (χ1) is 17.7. The Labute approximate surface area is 216 Å². The largest absolute Gasteiger partial charge is 0.358 e. The van der Waals surface area contributed by atoms with Crippen LogP contribution in [0.5, 0.6) is 0 Å². The number of H-pyrrole nitrogens is 1. The second-order valence-electron chi connectivity index (χ2n) is 9.75. The maximum absolute atomic E-state index is 13.0. The Morgan fingerprint density at radius 3 is 2.59 bits per heavy atom. The fourth-order valence-corrected chi connectivity index (χ4v) is 6.07. The van der Waals surface area contributed by atoms with Gasteiger partial charge in [0.25, 0.3) is 15.9 Å². The van der Waals surface area contributed by atoms with Crippen LogP contribution < -0.4 is 10.0 Å². The van der Waals surface area contributed by atoms with Crippen LogP contribution in [-0.2, 0) is 27.7 Å². The lowest BCUT2D eigenvalue weighted by Gasteiger charge is -2.13. The number of carbonyl (C=O) groups is 2. The number of amides is 1. The Morgan fingerprint density at radius 1 is 1.05 bits per heavy atom. The Bertz CT molecular complexity index is 1500. The molecule has 1 aliphatic heterocycles. The molecule has 192 valence electrons. The van der Waals surface area contributed by atoms with Crippen molar-refractivity contribution in [3.8, 4) is 0 Å². The van der Waals surface area contributed by atoms with E-state index in [1.165, 1.54) is 12.1 Å². The van der Waals surface area contributed by atoms with Crippen molar-refractivity contribution in [1.82, 2.24) is 9.88 Å². The van der Waals surface area contributed by atoms with Gasteiger partial charge >= 0.3 is 0 Å². The number of nitrogens with zero attached hydrogens (tertiary/aromatic N) is 1. The van der Waals surface area contributed by atoms with Gasteiger partial charge in [0.2, 0.25) is 0 Å². The number of benzene rings is 2. The SMILES string of the molecule is CN(C)CCCc1c(/C=C2\C(=O)Nc3ccc(NS(=O)(=O)c4ccccc4)cc32)[nH]c2c1C(=O)CCC2. The van der Waals surface area contributed by atoms with Gasteiger partial charge in [-0.2, -0.15) is 0 Å². The summed E-state index contributed by atoms with van der Waals surface area (Å²) in [5.41, 5.74) is 5.44. The molecule has 0 saturated heterocycles. The quantitative estimate of drug-likeness (QED) is 0.385. The van der Waals surface area contributed by atoms with Gasteiger partial charge in [-0.05, 0) is 88.3 Å². The summed E-state index contributed by atoms with van der Waals surface area (Å²) in [5, 5.41) is 2.87. The third kappa shape index (κ3) is 5.10. The van der Waals surface area contributed by atoms with Gasteiger partial charge in [-0.1, -0.05) is 18.2 Å². The fourth-order valence-electron chi connectivity index (χ4n) is 5.00. The number of sulfonamides is 1. The van der Waals surface area contributed by atoms with E-state index in [-0.39, 0.29) is 16.6 Å². The van der Waals surface area contributed by atoms with Crippen LogP contribution in [0.15, 0.2) is 53.4 Å². The smallest absolute Gasteiger partial charge is 0.261 e. The van der Waals surface area contributed by atoms with E-state index >= 15 is 0 Å². The first kappa shape index (κ1) is 25.0. The van der Waals surface area contributed by atoms with Gasteiger partial charge < -0.3 is 15.2 Å². The molecule has 9 heteroatoms. The summed E-state index contributed by atoms with van der Waals surface area (Å²) < 4.78 is 28.3. The number of aromatic amines is 1. The number of aryl methyl sites for hydroxylation is 1. The van der Waals surface area contributed by atoms with Gasteiger partial charge in [0.15, 0.2) is 5.78 Å². The molecular weight excluding hydrogens is 488 g/mol. The molecule has 8 nitrogen and oxygen atoms in total. The van der Waals surface area contributed by atoms with Crippen LogP contribution in [0.3, 0.4) is 0 Å². The van der Waals surface area contributed by atoms with E-state index in [4.69, 9.17) is 0 Å². The standard InChI is InChI=1S/C28H30N4O4S/c1-32(2)15-7-10-20-25(29-24-11-6-12-26(33)27(20)24)17-22-21-16-18(13-14-23(21)30-28(22)34)31-37(35,36)19-8-4-3-5-9-19/h3-5,8-9,13-14,16-17,29,31H,6-7,10-12,15H2,1-2H3,(H,30,34)/b22-17-. The lowest BCUT2D eigenvalue weighted by molar-refractivity contribution is -0.110. The molecule has 3 N–H and O–H groups in total. The van der Waals surface area contributed by atoms with Crippen molar-refractivity contribution in [3.05, 3.63) is 76.6 Å². The third-order valence-electron chi connectivity index (χ3n) is 6.75. The minimum atomic E-state index is -3.78. The van der Waals surface area contributed by atoms with Crippen molar-refractivity contribution >= 4 is 44.7 Å². The summed E-state index contributed by atoms with van der Waals surface area (Å²) in [4.78, 5) is 31.5. The molecule has 2 heterocycles. The van der Waals surface area contributed by atoms with Gasteiger partial charge in [-0.25, -0.2) is 8.42 Å². The maximum atomic E-state index is 13.0. The van der Waals surface area contributed by atoms with Gasteiger partial charge in [0.1, 0.15) is 0 Å². The van der Waals surface area contributed by atoms with Crippen LogP contribution in [0.4, 0.5) is 11.4 Å². The van der Waals surface area contributed by atoms with E-state index in [1.807, 2.05) is 14.1 Å². The summed E-state index contributed by atoms with van der Waals surface area (Å²) in [6, 6.07) is 13.1. The van der Waals surface area contributed by atoms with E-state index < -0.39 is 10.0 Å². The Balaban J connectivity index is 1.51. The Kier molecular flexibility index (Phi) is 6.74. The second-order valence-corrected chi connectivity index (χ2v) is 11.4. The minimum Gasteiger partial charge on any atom is -0.358 e. The van der Waals surface area contributed by atoms with Crippen molar-refractivity contribution in [2.24, 2.45) is 0 Å². The highest BCUT2D eigenvalue weighted by Gasteiger charge is 2.29. The number of anilines is 2. The van der Waals surface area contributed by atoms with Crippen LogP contribution in [0, 0.1) is 0 Å². The van der Waals surface area contributed by atoms with E-state index in [9.17, 15) is 18.0 Å². The van der Waals surface area contributed by atoms with E-state index in [0.29, 0.717) is 28.9 Å². The van der Waals surface area contributed by atoms with Gasteiger partial charge in [-0.15, -0.1) is 0 Å². The molecule has 1 aromatic heterocycles. The van der Waals surface area contributed by atoms with Crippen LogP contribution in [0.25, 0.3) is 11.6 Å².